The van der Waals surface area contributed by atoms with Gasteiger partial charge in [-0.25, -0.2) is 9.78 Å². The fourth-order valence-electron chi connectivity index (χ4n) is 10.9. The number of carbonyl (C=O) groups is 19. The Hall–Kier alpha value is -11.3. The number of phenols is 1. The van der Waals surface area contributed by atoms with Gasteiger partial charge in [-0.15, -0.1) is 0 Å². The van der Waals surface area contributed by atoms with Crippen LogP contribution in [0.3, 0.4) is 0 Å². The summed E-state index contributed by atoms with van der Waals surface area (Å²) in [5.41, 5.74) is 11.0. The van der Waals surface area contributed by atoms with Crippen molar-refractivity contribution in [2.75, 3.05) is 44.4 Å². The van der Waals surface area contributed by atoms with Gasteiger partial charge >= 0.3 is 23.9 Å². The maximum Gasteiger partial charge on any atom is 0.326 e. The average molecular weight is 1640 g/mol. The molecule has 626 valence electrons. The lowest BCUT2D eigenvalue weighted by Crippen LogP contribution is -2.61. The van der Waals surface area contributed by atoms with Crippen molar-refractivity contribution in [3.05, 3.63) is 48.0 Å². The van der Waals surface area contributed by atoms with Gasteiger partial charge in [-0.1, -0.05) is 39.8 Å². The second-order valence-corrected chi connectivity index (χ2v) is 27.5. The topological polar surface area (TPSA) is 727 Å². The fourth-order valence-corrected chi connectivity index (χ4v) is 11.4. The van der Waals surface area contributed by atoms with E-state index in [0.29, 0.717) is 5.56 Å². The third kappa shape index (κ3) is 33.3. The highest BCUT2D eigenvalue weighted by Gasteiger charge is 2.42. The second kappa shape index (κ2) is 47.8. The normalized spacial score (nSPS) is 15.9. The predicted molar refractivity (Wildman–Crippen MR) is 394 cm³/mol. The van der Waals surface area contributed by atoms with Crippen LogP contribution in [0.2, 0.25) is 0 Å². The molecule has 26 N–H and O–H groups in total. The number of aliphatic hydroxyl groups is 3. The van der Waals surface area contributed by atoms with Crippen LogP contribution in [0.15, 0.2) is 36.8 Å². The van der Waals surface area contributed by atoms with Gasteiger partial charge < -0.3 is 131 Å². The van der Waals surface area contributed by atoms with Crippen LogP contribution >= 0.6 is 25.3 Å². The van der Waals surface area contributed by atoms with Gasteiger partial charge in [0.25, 0.3) is 0 Å². The number of carboxylic acids is 4. The highest BCUT2D eigenvalue weighted by molar-refractivity contribution is 7.80. The third-order valence-corrected chi connectivity index (χ3v) is 17.4. The first-order chi connectivity index (χ1) is 53.1. The first-order valence-electron chi connectivity index (χ1n) is 35.1. The van der Waals surface area contributed by atoms with Gasteiger partial charge in [0.1, 0.15) is 84.3 Å². The quantitative estimate of drug-likeness (QED) is 0.0274. The maximum absolute atomic E-state index is 14.3. The molecule has 1 aliphatic heterocycles. The summed E-state index contributed by atoms with van der Waals surface area (Å²) in [5.74, 6) is -25.3. The molecule has 0 spiro atoms. The van der Waals surface area contributed by atoms with Gasteiger partial charge in [-0.2, -0.15) is 25.3 Å². The number of aliphatic hydroxyl groups excluding tert-OH is 3. The number of primary amides is 1. The molecule has 1 saturated heterocycles. The van der Waals surface area contributed by atoms with E-state index in [1.807, 2.05) is 16.0 Å². The van der Waals surface area contributed by atoms with Crippen LogP contribution in [0.4, 0.5) is 0 Å². The number of carboxylic acid groups (broad SMARTS) is 4. The number of carbonyl (C=O) groups excluding carboxylic acids is 15. The smallest absolute Gasteiger partial charge is 0.326 e. The number of likely N-dealkylation sites (tertiary alicyclic amines) is 1. The number of H-pyrrole nitrogens is 1. The molecule has 3 rings (SSSR count). The zero-order valence-electron chi connectivity index (χ0n) is 61.7. The summed E-state index contributed by atoms with van der Waals surface area (Å²) >= 11 is 8.33. The number of aromatic amines is 1. The Kier molecular flexibility index (Phi) is 40.6. The van der Waals surface area contributed by atoms with Crippen LogP contribution in [-0.2, 0) is 104 Å². The van der Waals surface area contributed by atoms with Gasteiger partial charge in [0.05, 0.1) is 63.7 Å². The summed E-state index contributed by atoms with van der Waals surface area (Å²) in [4.78, 5) is 258. The molecule has 0 unspecified atom stereocenters. The molecule has 0 saturated carbocycles. The minimum absolute atomic E-state index is 0.0337. The number of benzene rings is 1. The Morgan fingerprint density at radius 1 is 0.504 bits per heavy atom. The lowest BCUT2D eigenvalue weighted by Gasteiger charge is -2.31. The number of rotatable bonds is 50. The number of thiol groups is 2. The number of nitrogens with one attached hydrogen (secondary N) is 14. The Bertz CT molecular complexity index is 3710. The number of aliphatic carboxylic acids is 4. The van der Waals surface area contributed by atoms with Gasteiger partial charge in [0, 0.05) is 43.5 Å². The second-order valence-electron chi connectivity index (χ2n) is 26.8. The van der Waals surface area contributed by atoms with Gasteiger partial charge in [0.15, 0.2) is 0 Å². The molecule has 0 bridgehead atoms. The molecule has 0 radical (unpaired) electrons. The fraction of sp³-hybridized carbons (Fsp3) is 0.576. The van der Waals surface area contributed by atoms with Crippen LogP contribution in [-0.4, -0.2) is 297 Å². The molecule has 2 aromatic rings. The van der Waals surface area contributed by atoms with E-state index in [-0.39, 0.29) is 61.8 Å². The standard InChI is InChI=1S/C66H98N18O27S2/c1-29(2)14-36(77-64(108)47-6-5-13-84(47)65(109)46(27-113)83-55(99)35(11-12-50(91)92)73-60(104)43(24-86)81-59(103)40(20-52(95)96)76-61(105)42(23-85)79-53(97)34(67)18-48(68)89)56(100)80-44(25-87)62(106)74-38(17-32-21-69-28-71-32)58(102)75-39(19-51(93)94)54(98)70-22-49(90)72-37(16-31-7-9-33(88)10-8-31)57(101)82-45(26-112)63(107)78-41(66(110)111)15-30(3)4/h7-10,21,28-30,34-47,85-88,112-113H,5-6,11-20,22-27,67H2,1-4H3,(H2,68,89)(H,69,71)(H,70,98)(H,72,90)(H,73,104)(H,74,106)(H,75,102)(H,76,105)(H,77,108)(H,78,107)(H,79,97)(H,80,100)(H,81,103)(H,82,101)(H,83,99)(H,91,92)(H,93,94)(H,95,96)(H,110,111)/t34-,35-,36-,37-,38-,39-,40-,41-,42-,43-,44-,45-,46-,47-/m0/s1. The number of hydrogen-bond donors (Lipinski definition) is 26. The summed E-state index contributed by atoms with van der Waals surface area (Å²) in [6.07, 6.45) is -2.95. The van der Waals surface area contributed by atoms with Gasteiger partial charge in [-0.3, -0.25) is 86.3 Å². The van der Waals surface area contributed by atoms with E-state index in [1.54, 1.807) is 27.7 Å². The molecule has 1 aliphatic rings. The predicted octanol–water partition coefficient (Wildman–Crippen LogP) is -10.1. The lowest BCUT2D eigenvalue weighted by atomic mass is 10.0. The zero-order chi connectivity index (χ0) is 85.1. The van der Waals surface area contributed by atoms with Crippen molar-refractivity contribution in [3.8, 4) is 5.75 Å². The summed E-state index contributed by atoms with van der Waals surface area (Å²) < 4.78 is 0. The summed E-state index contributed by atoms with van der Waals surface area (Å²) in [7, 11) is 0. The van der Waals surface area contributed by atoms with Crippen molar-refractivity contribution in [3.63, 3.8) is 0 Å². The highest BCUT2D eigenvalue weighted by Crippen LogP contribution is 2.21. The van der Waals surface area contributed by atoms with Crippen molar-refractivity contribution in [2.24, 2.45) is 23.3 Å². The van der Waals surface area contributed by atoms with Crippen molar-refractivity contribution in [1.82, 2.24) is 84.0 Å². The van der Waals surface area contributed by atoms with Crippen LogP contribution in [0.25, 0.3) is 0 Å². The van der Waals surface area contributed by atoms with E-state index in [2.05, 4.69) is 88.4 Å². The number of hydrogen-bond acceptors (Lipinski definition) is 27. The number of aromatic nitrogens is 2. The van der Waals surface area contributed by atoms with E-state index in [9.17, 15) is 132 Å². The summed E-state index contributed by atoms with van der Waals surface area (Å²) in [6, 6.07) is -18.9. The molecular weight excluding hydrogens is 1540 g/mol. The Labute approximate surface area is 655 Å². The molecule has 15 amide bonds. The van der Waals surface area contributed by atoms with Crippen LogP contribution in [0.1, 0.15) is 96.7 Å². The van der Waals surface area contributed by atoms with E-state index >= 15 is 0 Å². The van der Waals surface area contributed by atoms with Crippen molar-refractivity contribution < 1.29 is 132 Å². The molecular formula is C66H98N18O27S2. The number of imidazole rings is 1. The Morgan fingerprint density at radius 3 is 1.41 bits per heavy atom. The van der Waals surface area contributed by atoms with Gasteiger partial charge in [-0.05, 0) is 61.6 Å². The molecule has 14 atom stereocenters. The van der Waals surface area contributed by atoms with Crippen molar-refractivity contribution in [2.45, 2.75) is 183 Å². The largest absolute Gasteiger partial charge is 0.508 e. The lowest BCUT2D eigenvalue weighted by molar-refractivity contribution is -0.143. The number of phenolic OH excluding ortho intramolecular Hbond substituents is 1. The first-order valence-corrected chi connectivity index (χ1v) is 36.4. The third-order valence-electron chi connectivity index (χ3n) is 16.7. The molecule has 0 aliphatic carbocycles. The zero-order valence-corrected chi connectivity index (χ0v) is 63.5. The maximum atomic E-state index is 14.3. The molecule has 2 heterocycles. The Morgan fingerprint density at radius 2 is 0.929 bits per heavy atom. The van der Waals surface area contributed by atoms with Crippen molar-refractivity contribution >= 4 is 138 Å². The van der Waals surface area contributed by atoms with E-state index in [4.69, 9.17) is 11.5 Å². The SMILES string of the molecule is CC(C)C[C@H](NC(=O)[C@H](CS)NC(=O)[C@H](Cc1ccc(O)cc1)NC(=O)CNC(=O)[C@H](CC(=O)O)NC(=O)[C@H](Cc1c[nH]cn1)NC(=O)[C@H](CO)NC(=O)[C@H](CC(C)C)NC(=O)[C@@H]1CCCN1C(=O)[C@H](CS)NC(=O)[C@H](CCC(=O)O)NC(=O)[C@H](CO)NC(=O)[C@H](CC(=O)O)NC(=O)[C@H](CO)NC(=O)[C@@H](N)CC(N)=O)C(=O)O. The molecule has 1 aromatic heterocycles. The average Bonchev–Trinajstić information content (AvgIpc) is 1.71. The van der Waals surface area contributed by atoms with E-state index < -0.39 is 274 Å². The molecule has 1 fully saturated rings. The first kappa shape index (κ1) is 95.9. The minimum atomic E-state index is -2.11. The Balaban J connectivity index is 1.80. The van der Waals surface area contributed by atoms with E-state index in [1.165, 1.54) is 36.8 Å². The molecule has 113 heavy (non-hydrogen) atoms. The number of amides is 15. The summed E-state index contributed by atoms with van der Waals surface area (Å²) in [5, 5.41) is 108. The number of nitrogens with two attached hydrogens (primary N) is 2. The van der Waals surface area contributed by atoms with Gasteiger partial charge in [0.2, 0.25) is 88.6 Å². The summed E-state index contributed by atoms with van der Waals surface area (Å²) in [6.45, 7) is 1.97. The van der Waals surface area contributed by atoms with E-state index in [0.717, 1.165) is 4.90 Å². The molecule has 47 heteroatoms. The molecule has 45 nitrogen and oxygen atoms in total. The van der Waals surface area contributed by atoms with Crippen LogP contribution < -0.4 is 80.6 Å². The highest BCUT2D eigenvalue weighted by atomic mass is 32.1. The molecule has 1 aromatic carbocycles. The monoisotopic (exact) mass is 1640 g/mol. The number of aromatic hydroxyl groups is 1. The van der Waals surface area contributed by atoms with Crippen LogP contribution in [0.5, 0.6) is 5.75 Å². The number of nitrogens with zero attached hydrogens (tertiary/aromatic N) is 2. The van der Waals surface area contributed by atoms with Crippen molar-refractivity contribution in [1.29, 1.82) is 0 Å². The minimum Gasteiger partial charge on any atom is -0.508 e. The van der Waals surface area contributed by atoms with Crippen LogP contribution in [0, 0.1) is 11.8 Å².